The summed E-state index contributed by atoms with van der Waals surface area (Å²) >= 11 is 1.78. The van der Waals surface area contributed by atoms with Crippen molar-refractivity contribution in [2.75, 3.05) is 0 Å². The molecule has 0 aliphatic rings. The Kier molecular flexibility index (Phi) is 13.3. The van der Waals surface area contributed by atoms with Crippen LogP contribution in [0.4, 0.5) is 0 Å². The average molecular weight is 1370 g/mol. The van der Waals surface area contributed by atoms with Crippen molar-refractivity contribution in [3.63, 3.8) is 0 Å². The molecular weight excluding hydrogens is 1320 g/mol. The second kappa shape index (κ2) is 23.7. The minimum Gasteiger partial charge on any atom is -0.438 e. The molecule has 0 saturated carbocycles. The second-order valence-corrected chi connectivity index (χ2v) is 28.0. The first-order valence-electron chi connectivity index (χ1n) is 35.3. The molecule has 0 aliphatic heterocycles. The number of pyridine rings is 2. The van der Waals surface area contributed by atoms with Crippen LogP contribution in [0.5, 0.6) is 0 Å². The van der Waals surface area contributed by atoms with Gasteiger partial charge in [-0.25, -0.2) is 39.9 Å². The Morgan fingerprint density at radius 3 is 1.64 bits per heavy atom. The van der Waals surface area contributed by atoms with Crippen LogP contribution in [0.15, 0.2) is 330 Å². The summed E-state index contributed by atoms with van der Waals surface area (Å²) in [6.07, 6.45) is 1.79. The fraction of sp³-hybridized carbons (Fsp3) is 0. The first-order chi connectivity index (χ1) is 52.5. The quantitative estimate of drug-likeness (QED) is 0.130. The predicted molar refractivity (Wildman–Crippen MR) is 432 cm³/mol. The van der Waals surface area contributed by atoms with E-state index in [1.54, 1.807) is 17.5 Å². The fourth-order valence-electron chi connectivity index (χ4n) is 15.8. The van der Waals surface area contributed by atoms with Gasteiger partial charge in [0.2, 0.25) is 11.4 Å². The van der Waals surface area contributed by atoms with Crippen molar-refractivity contribution in [3.05, 3.63) is 322 Å². The molecule has 0 radical (unpaired) electrons. The summed E-state index contributed by atoms with van der Waals surface area (Å²) in [6, 6.07) is 111. The summed E-state index contributed by atoms with van der Waals surface area (Å²) in [4.78, 5) is 41.6. The van der Waals surface area contributed by atoms with Crippen molar-refractivity contribution in [2.24, 2.45) is 0 Å². The maximum absolute atomic E-state index is 7.10. The lowest BCUT2D eigenvalue weighted by atomic mass is 9.93. The van der Waals surface area contributed by atoms with Crippen molar-refractivity contribution in [1.82, 2.24) is 44.4 Å². The normalized spacial score (nSPS) is 12.0. The van der Waals surface area contributed by atoms with E-state index in [-0.39, 0.29) is 0 Å². The minimum atomic E-state index is 0.487. The van der Waals surface area contributed by atoms with Gasteiger partial charge in [-0.3, -0.25) is 0 Å². The van der Waals surface area contributed by atoms with Crippen LogP contribution >= 0.6 is 11.3 Å². The Labute approximate surface area is 608 Å². The molecule has 8 heterocycles. The van der Waals surface area contributed by atoms with Gasteiger partial charge < -0.3 is 13.4 Å². The molecule has 0 bridgehead atoms. The molecule has 22 rings (SSSR count). The van der Waals surface area contributed by atoms with Crippen molar-refractivity contribution in [1.29, 1.82) is 0 Å². The lowest BCUT2D eigenvalue weighted by Gasteiger charge is -2.12. The summed E-state index contributed by atoms with van der Waals surface area (Å²) in [5.74, 6) is 3.31. The Morgan fingerprint density at radius 2 is 0.830 bits per heavy atom. The number of benzene rings is 14. The minimum absolute atomic E-state index is 0.487. The van der Waals surface area contributed by atoms with Gasteiger partial charge in [0.1, 0.15) is 5.58 Å². The van der Waals surface area contributed by atoms with Gasteiger partial charge in [0.05, 0.1) is 33.2 Å². The fourth-order valence-corrected chi connectivity index (χ4v) is 17.0. The highest BCUT2D eigenvalue weighted by molar-refractivity contribution is 7.25. The van der Waals surface area contributed by atoms with Crippen LogP contribution in [0.25, 0.3) is 226 Å². The van der Waals surface area contributed by atoms with Crippen LogP contribution in [-0.4, -0.2) is 44.4 Å². The highest BCUT2D eigenvalue weighted by atomic mass is 32.1. The Morgan fingerprint density at radius 1 is 0.274 bits per heavy atom. The number of para-hydroxylation sites is 2. The van der Waals surface area contributed by atoms with Crippen LogP contribution in [0, 0.1) is 0 Å². The van der Waals surface area contributed by atoms with E-state index in [0.29, 0.717) is 52.0 Å². The summed E-state index contributed by atoms with van der Waals surface area (Å²) in [5, 5.41) is 15.0. The molecule has 14 aromatic carbocycles. The van der Waals surface area contributed by atoms with Gasteiger partial charge >= 0.3 is 0 Å². The molecule has 492 valence electrons. The molecule has 0 aliphatic carbocycles. The van der Waals surface area contributed by atoms with Crippen molar-refractivity contribution in [2.45, 2.75) is 0 Å². The van der Waals surface area contributed by atoms with Crippen LogP contribution < -0.4 is 0 Å². The zero-order valence-corrected chi connectivity index (χ0v) is 57.2. The highest BCUT2D eigenvalue weighted by Gasteiger charge is 2.27. The number of aromatic nitrogens is 9. The molecular formula is C94H53N9O2S. The topological polar surface area (TPSA) is 134 Å². The first-order valence-corrected chi connectivity index (χ1v) is 36.1. The smallest absolute Gasteiger partial charge is 0.228 e. The lowest BCUT2D eigenvalue weighted by Crippen LogP contribution is -2.01. The van der Waals surface area contributed by atoms with Crippen LogP contribution in [0.3, 0.4) is 0 Å². The maximum atomic E-state index is 7.10. The zero-order valence-electron chi connectivity index (χ0n) is 56.3. The molecule has 0 unspecified atom stereocenters. The number of thiophene rings is 1. The van der Waals surface area contributed by atoms with E-state index in [9.17, 15) is 0 Å². The molecule has 11 nitrogen and oxygen atoms in total. The SMILES string of the molecule is c1ccc(-c2nc(-c3ccc(-c4cccc5cc(-c6cccc7c6c6ccc8ccccc8c6n7-c6cccc7c6oc6nccc(-c8nc(-c9ccccc9)nc(-c9ccc%10c(c9)sc9ccccc9%10)n8)c67)ccc45)cc3)nc(-c3cc(-c4ccc5ccccc5c4)nc4oc5ccccc5c34)n2)cc1. The molecule has 0 atom stereocenters. The van der Waals surface area contributed by atoms with Crippen LogP contribution in [0.1, 0.15) is 0 Å². The second-order valence-electron chi connectivity index (χ2n) is 26.9. The van der Waals surface area contributed by atoms with Crippen molar-refractivity contribution >= 4 is 130 Å². The van der Waals surface area contributed by atoms with Gasteiger partial charge in [-0.2, -0.15) is 0 Å². The predicted octanol–water partition coefficient (Wildman–Crippen LogP) is 24.6. The van der Waals surface area contributed by atoms with E-state index in [2.05, 4.69) is 235 Å². The standard InChI is InChI=1S/C94H53N9O2S/c1-3-20-57(21-4-1)87-97-89(101-92(100-87)75-53-76(63-41-36-54-18-7-8-24-60(54)50-63)96-94-83(75)71-28-11-13-34-79(71)104-94)59-39-37-56(38-40-59)65-29-15-25-61-51-62(43-45-66(61)65)67-30-16-32-77-82(67)72-47-42-55-19-9-10-26-68(55)85(72)103(77)78-33-17-31-73-84-74(48-49-95-93(84)105-86(73)78)91-99-88(58-22-5-2-6-23-58)98-90(102-91)64-44-46-70-69-27-12-14-35-80(69)106-81(70)52-64/h1-53H. The summed E-state index contributed by atoms with van der Waals surface area (Å²) in [6.45, 7) is 0. The molecule has 22 aromatic rings. The Balaban J connectivity index is 0.649. The van der Waals surface area contributed by atoms with Gasteiger partial charge in [0.15, 0.2) is 40.5 Å². The number of nitrogens with zero attached hydrogens (tertiary/aromatic N) is 9. The largest absolute Gasteiger partial charge is 0.438 e. The number of rotatable bonds is 10. The maximum Gasteiger partial charge on any atom is 0.228 e. The molecule has 0 saturated heterocycles. The van der Waals surface area contributed by atoms with Gasteiger partial charge in [-0.05, 0) is 104 Å². The van der Waals surface area contributed by atoms with E-state index in [4.69, 9.17) is 48.7 Å². The summed E-state index contributed by atoms with van der Waals surface area (Å²) in [5.41, 5.74) is 16.7. The highest BCUT2D eigenvalue weighted by Crippen LogP contribution is 2.47. The van der Waals surface area contributed by atoms with Gasteiger partial charge in [-0.15, -0.1) is 11.3 Å². The van der Waals surface area contributed by atoms with Crippen molar-refractivity contribution in [3.8, 4) is 108 Å². The molecule has 0 amide bonds. The van der Waals surface area contributed by atoms with E-state index in [1.165, 1.54) is 20.2 Å². The average Bonchev–Trinajstić information content (AvgIpc) is 1.55. The first kappa shape index (κ1) is 59.5. The molecule has 8 aromatic heterocycles. The molecule has 0 fully saturated rings. The van der Waals surface area contributed by atoms with E-state index < -0.39 is 0 Å². The summed E-state index contributed by atoms with van der Waals surface area (Å²) < 4.78 is 18.5. The monoisotopic (exact) mass is 1370 g/mol. The number of furan rings is 2. The molecule has 0 spiro atoms. The van der Waals surface area contributed by atoms with E-state index in [1.807, 2.05) is 84.9 Å². The van der Waals surface area contributed by atoms with Crippen molar-refractivity contribution < 1.29 is 8.83 Å². The van der Waals surface area contributed by atoms with Gasteiger partial charge in [0, 0.05) is 92.2 Å². The number of hydrogen-bond donors (Lipinski definition) is 0. The number of fused-ring (bicyclic) bond motifs is 16. The third-order valence-electron chi connectivity index (χ3n) is 20.8. The lowest BCUT2D eigenvalue weighted by molar-refractivity contribution is 0.652. The Hall–Kier alpha value is -14.2. The molecule has 0 N–H and O–H groups in total. The van der Waals surface area contributed by atoms with E-state index >= 15 is 0 Å². The zero-order chi connectivity index (χ0) is 69.5. The third kappa shape index (κ3) is 9.59. The van der Waals surface area contributed by atoms with Crippen LogP contribution in [0.2, 0.25) is 0 Å². The van der Waals surface area contributed by atoms with Gasteiger partial charge in [0.25, 0.3) is 0 Å². The molecule has 12 heteroatoms. The van der Waals surface area contributed by atoms with Gasteiger partial charge in [-0.1, -0.05) is 261 Å². The summed E-state index contributed by atoms with van der Waals surface area (Å²) in [7, 11) is 0. The third-order valence-corrected chi connectivity index (χ3v) is 21.9. The van der Waals surface area contributed by atoms with E-state index in [0.717, 1.165) is 154 Å². The number of hydrogen-bond acceptors (Lipinski definition) is 11. The Bertz CT molecular complexity index is 7410. The van der Waals surface area contributed by atoms with Crippen LogP contribution in [-0.2, 0) is 0 Å². The molecule has 106 heavy (non-hydrogen) atoms.